The van der Waals surface area contributed by atoms with Gasteiger partial charge >= 0.3 is 18.0 Å². The van der Waals surface area contributed by atoms with Gasteiger partial charge < -0.3 is 19.5 Å². The first kappa shape index (κ1) is 27.4. The fourth-order valence-corrected chi connectivity index (χ4v) is 3.68. The van der Waals surface area contributed by atoms with Crippen LogP contribution in [0.1, 0.15) is 79.2 Å². The van der Waals surface area contributed by atoms with Gasteiger partial charge in [-0.15, -0.1) is 0 Å². The first-order chi connectivity index (χ1) is 15.8. The molecule has 1 aromatic carbocycles. The summed E-state index contributed by atoms with van der Waals surface area (Å²) in [5.74, 6) is -0.861. The van der Waals surface area contributed by atoms with Crippen molar-refractivity contribution >= 4 is 18.0 Å². The Balaban J connectivity index is 1.97. The summed E-state index contributed by atoms with van der Waals surface area (Å²) in [6.07, 6.45) is 4.39. The zero-order chi connectivity index (χ0) is 25.4. The molecule has 0 radical (unpaired) electrons. The molecule has 0 spiro atoms. The van der Waals surface area contributed by atoms with Crippen molar-refractivity contribution < 1.29 is 28.6 Å². The summed E-state index contributed by atoms with van der Waals surface area (Å²) in [5, 5.41) is 2.92. The van der Waals surface area contributed by atoms with Gasteiger partial charge in [0.05, 0.1) is 6.42 Å². The van der Waals surface area contributed by atoms with Gasteiger partial charge in [0.2, 0.25) is 0 Å². The summed E-state index contributed by atoms with van der Waals surface area (Å²) < 4.78 is 16.3. The van der Waals surface area contributed by atoms with E-state index in [9.17, 15) is 14.4 Å². The molecule has 1 aromatic rings. The third-order valence-electron chi connectivity index (χ3n) is 5.17. The second kappa shape index (κ2) is 12.0. The molecule has 7 heteroatoms. The van der Waals surface area contributed by atoms with Crippen LogP contribution in [0.15, 0.2) is 42.0 Å². The maximum absolute atomic E-state index is 12.8. The largest absolute Gasteiger partial charge is 0.461 e. The molecule has 0 aromatic heterocycles. The van der Waals surface area contributed by atoms with Crippen molar-refractivity contribution in [2.45, 2.75) is 97.5 Å². The van der Waals surface area contributed by atoms with Crippen LogP contribution in [0.25, 0.3) is 0 Å². The smallest absolute Gasteiger partial charge is 0.407 e. The van der Waals surface area contributed by atoms with Crippen molar-refractivity contribution in [2.24, 2.45) is 5.92 Å². The molecule has 0 atom stereocenters. The molecule has 188 valence electrons. The Morgan fingerprint density at radius 2 is 1.50 bits per heavy atom. The summed E-state index contributed by atoms with van der Waals surface area (Å²) in [6.45, 7) is 11.0. The first-order valence-corrected chi connectivity index (χ1v) is 11.9. The summed E-state index contributed by atoms with van der Waals surface area (Å²) in [7, 11) is 0. The van der Waals surface area contributed by atoms with E-state index in [1.54, 1.807) is 20.8 Å². The molecule has 1 aliphatic rings. The number of alkyl carbamates (subject to hydrolysis) is 1. The Morgan fingerprint density at radius 1 is 0.912 bits per heavy atom. The number of amides is 1. The van der Waals surface area contributed by atoms with Crippen molar-refractivity contribution in [3.8, 4) is 0 Å². The minimum atomic E-state index is -0.668. The molecular formula is C27H39NO6. The zero-order valence-electron chi connectivity index (χ0n) is 21.3. The van der Waals surface area contributed by atoms with Gasteiger partial charge in [-0.05, 0) is 78.7 Å². The van der Waals surface area contributed by atoms with E-state index in [0.29, 0.717) is 5.57 Å². The van der Waals surface area contributed by atoms with Crippen molar-refractivity contribution in [3.63, 3.8) is 0 Å². The quantitative estimate of drug-likeness (QED) is 0.321. The predicted octanol–water partition coefficient (Wildman–Crippen LogP) is 5.47. The Morgan fingerprint density at radius 3 is 2.06 bits per heavy atom. The van der Waals surface area contributed by atoms with Gasteiger partial charge in [-0.1, -0.05) is 36.4 Å². The number of esters is 2. The highest BCUT2D eigenvalue weighted by Crippen LogP contribution is 2.28. The van der Waals surface area contributed by atoms with Crippen LogP contribution in [0.3, 0.4) is 0 Å². The SMILES string of the molecule is CC(C)(C)OC(=O)NC1CCC(C=C(CC(=O)OCc2ccccc2)C(=O)OC(C)(C)C)CC1. The molecule has 0 unspecified atom stereocenters. The van der Waals surface area contributed by atoms with Crippen LogP contribution in [0, 0.1) is 5.92 Å². The number of hydrogen-bond donors (Lipinski definition) is 1. The topological polar surface area (TPSA) is 90.9 Å². The van der Waals surface area contributed by atoms with Crippen molar-refractivity contribution in [2.75, 3.05) is 0 Å². The number of carbonyl (C=O) groups is 3. The molecule has 0 bridgehead atoms. The van der Waals surface area contributed by atoms with E-state index in [0.717, 1.165) is 31.2 Å². The normalized spacial score (nSPS) is 19.2. The van der Waals surface area contributed by atoms with Crippen LogP contribution in [0.2, 0.25) is 0 Å². The molecular weight excluding hydrogens is 434 g/mol. The van der Waals surface area contributed by atoms with Gasteiger partial charge in [0.25, 0.3) is 0 Å². The van der Waals surface area contributed by atoms with Crippen LogP contribution in [0.4, 0.5) is 4.79 Å². The fraction of sp³-hybridized carbons (Fsp3) is 0.593. The van der Waals surface area contributed by atoms with E-state index >= 15 is 0 Å². The minimum Gasteiger partial charge on any atom is -0.461 e. The van der Waals surface area contributed by atoms with E-state index in [1.165, 1.54) is 0 Å². The second-order valence-corrected chi connectivity index (χ2v) is 10.8. The molecule has 0 saturated heterocycles. The predicted molar refractivity (Wildman–Crippen MR) is 130 cm³/mol. The van der Waals surface area contributed by atoms with Gasteiger partial charge in [0.15, 0.2) is 0 Å². The zero-order valence-corrected chi connectivity index (χ0v) is 21.3. The second-order valence-electron chi connectivity index (χ2n) is 10.8. The average Bonchev–Trinajstić information content (AvgIpc) is 2.71. The minimum absolute atomic E-state index is 0.0281. The number of nitrogens with one attached hydrogen (secondary N) is 1. The lowest BCUT2D eigenvalue weighted by Crippen LogP contribution is -2.40. The highest BCUT2D eigenvalue weighted by atomic mass is 16.6. The third kappa shape index (κ3) is 10.9. The van der Waals surface area contributed by atoms with E-state index in [4.69, 9.17) is 14.2 Å². The van der Waals surface area contributed by atoms with Crippen molar-refractivity contribution in [1.29, 1.82) is 0 Å². The fourth-order valence-electron chi connectivity index (χ4n) is 3.68. The Bertz CT molecular complexity index is 855. The highest BCUT2D eigenvalue weighted by molar-refractivity contribution is 5.94. The number of hydrogen-bond acceptors (Lipinski definition) is 6. The summed E-state index contributed by atoms with van der Waals surface area (Å²) in [4.78, 5) is 37.3. The molecule has 1 amide bonds. The maximum Gasteiger partial charge on any atom is 0.407 e. The lowest BCUT2D eigenvalue weighted by Gasteiger charge is -2.29. The average molecular weight is 474 g/mol. The molecule has 1 N–H and O–H groups in total. The standard InChI is InChI=1S/C27H39NO6/c1-26(2,3)33-24(30)21(17-23(29)32-18-20-10-8-7-9-11-20)16-19-12-14-22(15-13-19)28-25(31)34-27(4,5)6/h7-11,16,19,22H,12-15,17-18H2,1-6H3,(H,28,31). The maximum atomic E-state index is 12.8. The van der Waals surface area contributed by atoms with Gasteiger partial charge in [-0.3, -0.25) is 4.79 Å². The molecule has 34 heavy (non-hydrogen) atoms. The van der Waals surface area contributed by atoms with E-state index in [-0.39, 0.29) is 25.0 Å². The monoisotopic (exact) mass is 473 g/mol. The van der Waals surface area contributed by atoms with Gasteiger partial charge in [-0.25, -0.2) is 9.59 Å². The van der Waals surface area contributed by atoms with Crippen LogP contribution >= 0.6 is 0 Å². The summed E-state index contributed by atoms with van der Waals surface area (Å²) >= 11 is 0. The molecule has 1 saturated carbocycles. The molecule has 1 fully saturated rings. The van der Waals surface area contributed by atoms with Gasteiger partial charge in [-0.2, -0.15) is 0 Å². The number of allylic oxidation sites excluding steroid dienone is 1. The summed E-state index contributed by atoms with van der Waals surface area (Å²) in [6, 6.07) is 9.43. The number of carbonyl (C=O) groups excluding carboxylic acids is 3. The van der Waals surface area contributed by atoms with Gasteiger partial charge in [0.1, 0.15) is 17.8 Å². The van der Waals surface area contributed by atoms with Crippen LogP contribution in [-0.2, 0) is 30.4 Å². The molecule has 7 nitrogen and oxygen atoms in total. The number of benzene rings is 1. The number of ether oxygens (including phenoxy) is 3. The lowest BCUT2D eigenvalue weighted by atomic mass is 9.84. The molecule has 0 aliphatic heterocycles. The van der Waals surface area contributed by atoms with E-state index in [1.807, 2.05) is 57.2 Å². The Labute approximate surface area is 203 Å². The van der Waals surface area contributed by atoms with E-state index < -0.39 is 29.2 Å². The van der Waals surface area contributed by atoms with Crippen LogP contribution in [-0.4, -0.2) is 35.3 Å². The van der Waals surface area contributed by atoms with Crippen molar-refractivity contribution in [1.82, 2.24) is 5.32 Å². The first-order valence-electron chi connectivity index (χ1n) is 11.9. The van der Waals surface area contributed by atoms with Crippen LogP contribution < -0.4 is 5.32 Å². The highest BCUT2D eigenvalue weighted by Gasteiger charge is 2.27. The van der Waals surface area contributed by atoms with Gasteiger partial charge in [0, 0.05) is 11.6 Å². The molecule has 1 aliphatic carbocycles. The van der Waals surface area contributed by atoms with E-state index in [2.05, 4.69) is 5.32 Å². The Kier molecular flexibility index (Phi) is 9.71. The number of rotatable bonds is 7. The van der Waals surface area contributed by atoms with Crippen LogP contribution in [0.5, 0.6) is 0 Å². The summed E-state index contributed by atoms with van der Waals surface area (Å²) in [5.41, 5.74) is -0.00777. The van der Waals surface area contributed by atoms with Crippen molar-refractivity contribution in [3.05, 3.63) is 47.5 Å². The Hall–Kier alpha value is -2.83. The molecule has 0 heterocycles. The third-order valence-corrected chi connectivity index (χ3v) is 5.17. The lowest BCUT2D eigenvalue weighted by molar-refractivity contribution is -0.153. The molecule has 2 rings (SSSR count).